The highest BCUT2D eigenvalue weighted by Crippen LogP contribution is 1.99. The number of carbonyl (C=O) groups is 1. The Hall–Kier alpha value is -1.68. The topological polar surface area (TPSA) is 33.0 Å². The van der Waals surface area contributed by atoms with Crippen LogP contribution in [-0.4, -0.2) is 5.91 Å². The molecule has 0 saturated carbocycles. The van der Waals surface area contributed by atoms with Gasteiger partial charge in [0.2, 0.25) is 5.91 Å². The zero-order valence-electron chi connectivity index (χ0n) is 10.8. The maximum absolute atomic E-state index is 10.8. The van der Waals surface area contributed by atoms with E-state index in [1.165, 1.54) is 12.5 Å². The molecule has 0 bridgehead atoms. The summed E-state index contributed by atoms with van der Waals surface area (Å²) in [5.74, 6) is -0.00369. The number of aromatic nitrogens is 1. The van der Waals surface area contributed by atoms with Gasteiger partial charge in [-0.25, -0.2) is 4.57 Å². The lowest BCUT2D eigenvalue weighted by Gasteiger charge is -2.02. The summed E-state index contributed by atoms with van der Waals surface area (Å²) < 4.78 is 2.12. The fourth-order valence-corrected chi connectivity index (χ4v) is 1.73. The van der Waals surface area contributed by atoms with E-state index in [9.17, 15) is 4.79 Å². The molecule has 0 radical (unpaired) electrons. The lowest BCUT2D eigenvalue weighted by atomic mass is 10.2. The number of nitrogens with zero attached hydrogens (tertiary/aromatic N) is 1. The number of halogens is 1. The van der Waals surface area contributed by atoms with E-state index < -0.39 is 0 Å². The van der Waals surface area contributed by atoms with Gasteiger partial charge in [0.15, 0.2) is 18.9 Å². The van der Waals surface area contributed by atoms with Crippen LogP contribution in [-0.2, 0) is 17.9 Å². The molecule has 2 rings (SSSR count). The highest BCUT2D eigenvalue weighted by molar-refractivity contribution is 5.72. The summed E-state index contributed by atoms with van der Waals surface area (Å²) >= 11 is 0. The Morgan fingerprint density at radius 2 is 1.68 bits per heavy atom. The largest absolute Gasteiger partial charge is 1.00 e. The van der Waals surface area contributed by atoms with Gasteiger partial charge in [-0.05, 0) is 5.56 Å². The number of hydrogen-bond acceptors (Lipinski definition) is 1. The molecular weight excluding hydrogens is 304 g/mol. The summed E-state index contributed by atoms with van der Waals surface area (Å²) in [6.07, 6.45) is 4.06. The normalized spacial score (nSPS) is 9.53. The molecule has 2 aromatic rings. The molecule has 100 valence electrons. The van der Waals surface area contributed by atoms with E-state index in [0.717, 1.165) is 12.1 Å². The number of benzene rings is 1. The number of pyridine rings is 1. The zero-order chi connectivity index (χ0) is 12.8. The van der Waals surface area contributed by atoms with Crippen LogP contribution in [0.3, 0.4) is 0 Å². The van der Waals surface area contributed by atoms with E-state index in [1.54, 1.807) is 0 Å². The van der Waals surface area contributed by atoms with Crippen LogP contribution in [0.2, 0.25) is 0 Å². The third-order valence-corrected chi connectivity index (χ3v) is 2.71. The quantitative estimate of drug-likeness (QED) is 0.695. The van der Waals surface area contributed by atoms with Gasteiger partial charge in [-0.2, -0.15) is 0 Å². The first-order valence-electron chi connectivity index (χ1n) is 6.00. The van der Waals surface area contributed by atoms with Crippen molar-refractivity contribution in [1.29, 1.82) is 0 Å². The SMILES string of the molecule is CC(=O)NCc1cc[n+](Cc2ccccc2)cc1.[Br-]. The van der Waals surface area contributed by atoms with Gasteiger partial charge in [0.05, 0.1) is 0 Å². The third kappa shape index (κ3) is 5.22. The number of carbonyl (C=O) groups excluding carboxylic acids is 1. The van der Waals surface area contributed by atoms with Crippen LogP contribution in [0.4, 0.5) is 0 Å². The van der Waals surface area contributed by atoms with Gasteiger partial charge >= 0.3 is 0 Å². The second-order valence-corrected chi connectivity index (χ2v) is 4.27. The van der Waals surface area contributed by atoms with Crippen LogP contribution < -0.4 is 26.9 Å². The Balaban J connectivity index is 0.00000180. The van der Waals surface area contributed by atoms with Gasteiger partial charge in [0, 0.05) is 31.2 Å². The Labute approximate surface area is 124 Å². The maximum Gasteiger partial charge on any atom is 0.217 e. The van der Waals surface area contributed by atoms with Crippen LogP contribution in [0.1, 0.15) is 18.1 Å². The van der Waals surface area contributed by atoms with Crippen molar-refractivity contribution < 1.29 is 26.3 Å². The van der Waals surface area contributed by atoms with Gasteiger partial charge in [-0.15, -0.1) is 0 Å². The molecule has 0 aliphatic rings. The number of amides is 1. The lowest BCUT2D eigenvalue weighted by molar-refractivity contribution is -0.688. The molecule has 1 heterocycles. The highest BCUT2D eigenvalue weighted by atomic mass is 79.9. The monoisotopic (exact) mass is 320 g/mol. The van der Waals surface area contributed by atoms with Gasteiger partial charge < -0.3 is 22.3 Å². The first kappa shape index (κ1) is 15.4. The molecule has 1 N–H and O–H groups in total. The summed E-state index contributed by atoms with van der Waals surface area (Å²) in [5, 5.41) is 2.78. The molecule has 4 heteroatoms. The van der Waals surface area contributed by atoms with Crippen LogP contribution in [0.5, 0.6) is 0 Å². The van der Waals surface area contributed by atoms with Gasteiger partial charge in [-0.1, -0.05) is 30.3 Å². The van der Waals surface area contributed by atoms with Crippen molar-refractivity contribution in [3.8, 4) is 0 Å². The smallest absolute Gasteiger partial charge is 0.217 e. The Kier molecular flexibility index (Phi) is 6.22. The molecule has 1 amide bonds. The predicted octanol–water partition coefficient (Wildman–Crippen LogP) is -1.34. The summed E-state index contributed by atoms with van der Waals surface area (Å²) in [7, 11) is 0. The summed E-state index contributed by atoms with van der Waals surface area (Å²) in [6, 6.07) is 14.4. The van der Waals surface area contributed by atoms with Crippen molar-refractivity contribution in [2.75, 3.05) is 0 Å². The minimum absolute atomic E-state index is 0. The predicted molar refractivity (Wildman–Crippen MR) is 69.7 cm³/mol. The molecule has 0 spiro atoms. The Bertz CT molecular complexity index is 511. The second-order valence-electron chi connectivity index (χ2n) is 4.27. The molecule has 0 aliphatic heterocycles. The molecule has 1 aromatic heterocycles. The van der Waals surface area contributed by atoms with Crippen molar-refractivity contribution in [3.63, 3.8) is 0 Å². The first-order chi connectivity index (χ1) is 8.74. The molecule has 0 aliphatic carbocycles. The standard InChI is InChI=1S/C15H16N2O.BrH/c1-13(18)16-11-14-7-9-17(10-8-14)12-15-5-3-2-4-6-15;/h2-10H,11-12H2,1H3;1H. The van der Waals surface area contributed by atoms with Crippen molar-refractivity contribution in [2.24, 2.45) is 0 Å². The van der Waals surface area contributed by atoms with E-state index >= 15 is 0 Å². The van der Waals surface area contributed by atoms with Crippen LogP contribution in [0.25, 0.3) is 0 Å². The number of rotatable bonds is 4. The molecule has 19 heavy (non-hydrogen) atoms. The zero-order valence-corrected chi connectivity index (χ0v) is 12.4. The van der Waals surface area contributed by atoms with Crippen molar-refractivity contribution in [2.45, 2.75) is 20.0 Å². The maximum atomic E-state index is 10.8. The van der Waals surface area contributed by atoms with E-state index in [-0.39, 0.29) is 22.9 Å². The Morgan fingerprint density at radius 3 is 2.26 bits per heavy atom. The molecular formula is C15H17BrN2O. The average Bonchev–Trinajstić information content (AvgIpc) is 2.39. The van der Waals surface area contributed by atoms with E-state index in [1.807, 2.05) is 42.7 Å². The van der Waals surface area contributed by atoms with Crippen molar-refractivity contribution >= 4 is 5.91 Å². The molecule has 0 atom stereocenters. The molecule has 3 nitrogen and oxygen atoms in total. The van der Waals surface area contributed by atoms with Crippen LogP contribution in [0, 0.1) is 0 Å². The lowest BCUT2D eigenvalue weighted by Crippen LogP contribution is -3.00. The summed E-state index contributed by atoms with van der Waals surface area (Å²) in [4.78, 5) is 10.8. The third-order valence-electron chi connectivity index (χ3n) is 2.71. The van der Waals surface area contributed by atoms with E-state index in [2.05, 4.69) is 22.0 Å². The highest BCUT2D eigenvalue weighted by Gasteiger charge is 2.02. The number of nitrogens with one attached hydrogen (secondary N) is 1. The van der Waals surface area contributed by atoms with Crippen molar-refractivity contribution in [1.82, 2.24) is 5.32 Å². The summed E-state index contributed by atoms with van der Waals surface area (Å²) in [5.41, 5.74) is 2.38. The molecule has 0 fully saturated rings. The second kappa shape index (κ2) is 7.69. The van der Waals surface area contributed by atoms with Crippen molar-refractivity contribution in [3.05, 3.63) is 66.0 Å². The van der Waals surface area contributed by atoms with Crippen LogP contribution in [0.15, 0.2) is 54.9 Å². The molecule has 1 aromatic carbocycles. The fourth-order valence-electron chi connectivity index (χ4n) is 1.73. The fraction of sp³-hybridized carbons (Fsp3) is 0.200. The minimum atomic E-state index is -0.00369. The van der Waals surface area contributed by atoms with Gasteiger partial charge in [0.25, 0.3) is 0 Å². The van der Waals surface area contributed by atoms with Gasteiger partial charge in [0.1, 0.15) is 0 Å². The first-order valence-corrected chi connectivity index (χ1v) is 6.00. The average molecular weight is 321 g/mol. The van der Waals surface area contributed by atoms with E-state index in [4.69, 9.17) is 0 Å². The molecule has 0 unspecified atom stereocenters. The molecule has 0 saturated heterocycles. The van der Waals surface area contributed by atoms with Gasteiger partial charge in [-0.3, -0.25) is 4.79 Å². The van der Waals surface area contributed by atoms with E-state index in [0.29, 0.717) is 6.54 Å². The number of hydrogen-bond donors (Lipinski definition) is 1. The minimum Gasteiger partial charge on any atom is -1.00 e. The Morgan fingerprint density at radius 1 is 1.05 bits per heavy atom. The van der Waals surface area contributed by atoms with Crippen LogP contribution >= 0.6 is 0 Å². The summed E-state index contributed by atoms with van der Waals surface area (Å²) in [6.45, 7) is 2.97.